The van der Waals surface area contributed by atoms with E-state index in [9.17, 15) is 9.90 Å². The average molecular weight is 584 g/mol. The van der Waals surface area contributed by atoms with E-state index in [1.54, 1.807) is 42.5 Å². The van der Waals surface area contributed by atoms with E-state index in [0.717, 1.165) is 8.95 Å². The Labute approximate surface area is 203 Å². The molecular formula is C22H14Br2ClNO2S2. The molecule has 0 atom stereocenters. The summed E-state index contributed by atoms with van der Waals surface area (Å²) in [4.78, 5) is 14.2. The van der Waals surface area contributed by atoms with Gasteiger partial charge in [-0.2, -0.15) is 0 Å². The molecule has 0 fully saturated rings. The molecule has 0 aliphatic heterocycles. The number of carbonyl (C=O) groups is 1. The van der Waals surface area contributed by atoms with Crippen LogP contribution in [-0.2, 0) is 5.60 Å². The van der Waals surface area contributed by atoms with Gasteiger partial charge in [0.25, 0.3) is 5.91 Å². The summed E-state index contributed by atoms with van der Waals surface area (Å²) in [6.07, 6.45) is 0. The van der Waals surface area contributed by atoms with Crippen molar-refractivity contribution in [2.75, 3.05) is 5.32 Å². The summed E-state index contributed by atoms with van der Waals surface area (Å²) in [5.74, 6) is -0.263. The van der Waals surface area contributed by atoms with Crippen molar-refractivity contribution in [3.8, 4) is 0 Å². The van der Waals surface area contributed by atoms with Gasteiger partial charge in [-0.3, -0.25) is 4.79 Å². The molecule has 0 aliphatic carbocycles. The minimum atomic E-state index is -1.49. The van der Waals surface area contributed by atoms with E-state index in [4.69, 9.17) is 11.6 Å². The summed E-state index contributed by atoms with van der Waals surface area (Å²) in [6, 6.07) is 17.8. The van der Waals surface area contributed by atoms with Crippen molar-refractivity contribution >= 4 is 77.7 Å². The van der Waals surface area contributed by atoms with Crippen molar-refractivity contribution < 1.29 is 9.90 Å². The Morgan fingerprint density at radius 3 is 2.07 bits per heavy atom. The molecular weight excluding hydrogens is 570 g/mol. The van der Waals surface area contributed by atoms with Crippen molar-refractivity contribution in [2.24, 2.45) is 0 Å². The van der Waals surface area contributed by atoms with Crippen LogP contribution in [0.5, 0.6) is 0 Å². The van der Waals surface area contributed by atoms with Crippen LogP contribution in [0.3, 0.4) is 0 Å². The summed E-state index contributed by atoms with van der Waals surface area (Å²) < 4.78 is 1.74. The third-order valence-electron chi connectivity index (χ3n) is 4.50. The van der Waals surface area contributed by atoms with Gasteiger partial charge in [-0.25, -0.2) is 0 Å². The van der Waals surface area contributed by atoms with E-state index in [1.807, 2.05) is 29.0 Å². The second-order valence-corrected chi connectivity index (χ2v) is 10.6. The third-order valence-corrected chi connectivity index (χ3v) is 8.34. The summed E-state index contributed by atoms with van der Waals surface area (Å²) in [5, 5.41) is 19.3. The molecule has 8 heteroatoms. The first kappa shape index (κ1) is 21.7. The maximum absolute atomic E-state index is 12.8. The first-order valence-corrected chi connectivity index (χ1v) is 12.5. The van der Waals surface area contributed by atoms with Gasteiger partial charge >= 0.3 is 0 Å². The molecule has 152 valence electrons. The molecule has 2 aromatic carbocycles. The predicted molar refractivity (Wildman–Crippen MR) is 132 cm³/mol. The van der Waals surface area contributed by atoms with Crippen molar-refractivity contribution in [3.63, 3.8) is 0 Å². The molecule has 2 aromatic heterocycles. The van der Waals surface area contributed by atoms with Crippen LogP contribution in [0.1, 0.15) is 25.7 Å². The lowest BCUT2D eigenvalue weighted by molar-refractivity contribution is 0.102. The molecule has 0 saturated carbocycles. The molecule has 4 rings (SSSR count). The quantitative estimate of drug-likeness (QED) is 0.255. The van der Waals surface area contributed by atoms with Gasteiger partial charge in [0, 0.05) is 51.3 Å². The SMILES string of the molecule is O=C(Nc1ccc(Cl)cc1C(O)(c1cc(Br)cs1)c1cc(Br)cs1)c1ccccc1. The monoisotopic (exact) mass is 581 g/mol. The highest BCUT2D eigenvalue weighted by molar-refractivity contribution is 9.10. The number of anilines is 1. The van der Waals surface area contributed by atoms with Crippen LogP contribution in [0.2, 0.25) is 5.02 Å². The van der Waals surface area contributed by atoms with Crippen molar-refractivity contribution in [2.45, 2.75) is 5.60 Å². The van der Waals surface area contributed by atoms with Crippen LogP contribution in [0.25, 0.3) is 0 Å². The van der Waals surface area contributed by atoms with E-state index in [2.05, 4.69) is 37.2 Å². The number of hydrogen-bond donors (Lipinski definition) is 2. The second-order valence-electron chi connectivity index (χ2n) is 6.48. The maximum atomic E-state index is 12.8. The molecule has 3 nitrogen and oxygen atoms in total. The number of thiophene rings is 2. The molecule has 0 radical (unpaired) electrons. The highest BCUT2D eigenvalue weighted by atomic mass is 79.9. The highest BCUT2D eigenvalue weighted by Crippen LogP contribution is 2.46. The Kier molecular flexibility index (Phi) is 6.48. The topological polar surface area (TPSA) is 49.3 Å². The molecule has 0 spiro atoms. The largest absolute Gasteiger partial charge is 0.374 e. The van der Waals surface area contributed by atoms with E-state index in [1.165, 1.54) is 22.7 Å². The van der Waals surface area contributed by atoms with Gasteiger partial charge in [-0.05, 0) is 74.3 Å². The fraction of sp³-hybridized carbons (Fsp3) is 0.0455. The van der Waals surface area contributed by atoms with Gasteiger partial charge in [0.05, 0.1) is 0 Å². The first-order chi connectivity index (χ1) is 14.4. The molecule has 2 heterocycles. The van der Waals surface area contributed by atoms with E-state index in [-0.39, 0.29) is 5.91 Å². The summed E-state index contributed by atoms with van der Waals surface area (Å²) in [6.45, 7) is 0. The van der Waals surface area contributed by atoms with Gasteiger partial charge in [0.1, 0.15) is 0 Å². The Morgan fingerprint density at radius 2 is 1.53 bits per heavy atom. The van der Waals surface area contributed by atoms with Crippen LogP contribution < -0.4 is 5.32 Å². The van der Waals surface area contributed by atoms with Gasteiger partial charge in [-0.15, -0.1) is 22.7 Å². The zero-order chi connectivity index (χ0) is 21.3. The number of aliphatic hydroxyl groups is 1. The Hall–Kier alpha value is -1.48. The number of carbonyl (C=O) groups excluding carboxylic acids is 1. The normalized spacial score (nSPS) is 11.5. The molecule has 1 amide bonds. The maximum Gasteiger partial charge on any atom is 0.255 e. The van der Waals surface area contributed by atoms with Crippen LogP contribution in [0, 0.1) is 0 Å². The van der Waals surface area contributed by atoms with Gasteiger partial charge in [0.15, 0.2) is 5.60 Å². The Bertz CT molecular complexity index is 1170. The zero-order valence-electron chi connectivity index (χ0n) is 15.2. The number of benzene rings is 2. The predicted octanol–water partition coefficient (Wildman–Crippen LogP) is 7.52. The molecule has 30 heavy (non-hydrogen) atoms. The summed E-state index contributed by atoms with van der Waals surface area (Å²) in [5.41, 5.74) is 0.0323. The summed E-state index contributed by atoms with van der Waals surface area (Å²) in [7, 11) is 0. The molecule has 2 N–H and O–H groups in total. The van der Waals surface area contributed by atoms with E-state index < -0.39 is 5.60 Å². The van der Waals surface area contributed by atoms with E-state index >= 15 is 0 Å². The highest BCUT2D eigenvalue weighted by Gasteiger charge is 2.39. The minimum absolute atomic E-state index is 0.263. The second kappa shape index (κ2) is 8.94. The average Bonchev–Trinajstić information content (AvgIpc) is 3.38. The number of hydrogen-bond acceptors (Lipinski definition) is 4. The number of rotatable bonds is 5. The molecule has 0 unspecified atom stereocenters. The van der Waals surface area contributed by atoms with Crippen molar-refractivity contribution in [1.29, 1.82) is 0 Å². The lowest BCUT2D eigenvalue weighted by Crippen LogP contribution is -2.29. The Balaban J connectivity index is 1.87. The smallest absolute Gasteiger partial charge is 0.255 e. The molecule has 4 aromatic rings. The zero-order valence-corrected chi connectivity index (χ0v) is 20.8. The lowest BCUT2D eigenvalue weighted by atomic mass is 9.89. The fourth-order valence-corrected chi connectivity index (χ4v) is 6.45. The van der Waals surface area contributed by atoms with Crippen LogP contribution in [0.4, 0.5) is 5.69 Å². The Morgan fingerprint density at radius 1 is 0.933 bits per heavy atom. The van der Waals surface area contributed by atoms with Crippen LogP contribution >= 0.6 is 66.1 Å². The first-order valence-electron chi connectivity index (χ1n) is 8.76. The summed E-state index contributed by atoms with van der Waals surface area (Å²) >= 11 is 16.1. The van der Waals surface area contributed by atoms with Crippen LogP contribution in [0.15, 0.2) is 80.4 Å². The van der Waals surface area contributed by atoms with Crippen molar-refractivity contribution in [1.82, 2.24) is 0 Å². The van der Waals surface area contributed by atoms with Gasteiger partial charge < -0.3 is 10.4 Å². The molecule has 0 bridgehead atoms. The standard InChI is InChI=1S/C22H14Br2ClNO2S2/c23-14-8-19(29-11-14)22(28,20-9-15(24)12-30-20)17-10-16(25)6-7-18(17)26-21(27)13-4-2-1-3-5-13/h1-12,28H,(H,26,27). The third kappa shape index (κ3) is 4.28. The molecule has 0 saturated heterocycles. The number of halogens is 3. The fourth-order valence-electron chi connectivity index (χ4n) is 3.10. The number of nitrogens with one attached hydrogen (secondary N) is 1. The van der Waals surface area contributed by atoms with Gasteiger partial charge in [0.2, 0.25) is 0 Å². The number of amides is 1. The lowest BCUT2D eigenvalue weighted by Gasteiger charge is -2.29. The van der Waals surface area contributed by atoms with Crippen molar-refractivity contribution in [3.05, 3.63) is 106 Å². The minimum Gasteiger partial charge on any atom is -0.374 e. The molecule has 0 aliphatic rings. The van der Waals surface area contributed by atoms with Gasteiger partial charge in [-0.1, -0.05) is 29.8 Å². The van der Waals surface area contributed by atoms with Crippen LogP contribution in [-0.4, -0.2) is 11.0 Å². The van der Waals surface area contributed by atoms with E-state index in [0.29, 0.717) is 31.6 Å².